The molecule has 1 heterocycles. The number of rotatable bonds is 6. The van der Waals surface area contributed by atoms with Gasteiger partial charge >= 0.3 is 0 Å². The predicted molar refractivity (Wildman–Crippen MR) is 97.4 cm³/mol. The number of carbonyl (C=O) groups is 1. The van der Waals surface area contributed by atoms with E-state index in [9.17, 15) is 4.79 Å². The maximum absolute atomic E-state index is 13.2. The van der Waals surface area contributed by atoms with Crippen LogP contribution >= 0.6 is 12.2 Å². The van der Waals surface area contributed by atoms with Crippen molar-refractivity contribution in [2.24, 2.45) is 5.92 Å². The zero-order valence-electron chi connectivity index (χ0n) is 14.3. The van der Waals surface area contributed by atoms with Gasteiger partial charge in [-0.25, -0.2) is 0 Å². The molecule has 1 N–H and O–H groups in total. The lowest BCUT2D eigenvalue weighted by Gasteiger charge is -2.23. The van der Waals surface area contributed by atoms with Crippen LogP contribution in [0.15, 0.2) is 24.5 Å². The summed E-state index contributed by atoms with van der Waals surface area (Å²) < 4.78 is 8.11. The molecule has 0 aliphatic heterocycles. The summed E-state index contributed by atoms with van der Waals surface area (Å²) in [5.41, 5.74) is 3.30. The van der Waals surface area contributed by atoms with E-state index in [4.69, 9.17) is 17.0 Å². The van der Waals surface area contributed by atoms with Gasteiger partial charge in [0.05, 0.1) is 7.11 Å². The molecule has 1 atom stereocenters. The highest BCUT2D eigenvalue weighted by molar-refractivity contribution is 7.71. The molecule has 1 unspecified atom stereocenters. The van der Waals surface area contributed by atoms with Crippen LogP contribution in [0.5, 0.6) is 5.75 Å². The van der Waals surface area contributed by atoms with E-state index in [1.807, 2.05) is 29.1 Å². The molecule has 2 aromatic rings. The Balaban J connectivity index is 1.93. The molecule has 1 aliphatic rings. The first-order valence-electron chi connectivity index (χ1n) is 8.62. The first-order chi connectivity index (χ1) is 11.7. The third kappa shape index (κ3) is 3.18. The number of nitrogens with one attached hydrogen (secondary N) is 1. The topological polar surface area (TPSA) is 47.0 Å². The molecular formula is C19H24N2O2S. The zero-order chi connectivity index (χ0) is 17.1. The van der Waals surface area contributed by atoms with Crippen molar-refractivity contribution in [3.8, 4) is 5.75 Å². The summed E-state index contributed by atoms with van der Waals surface area (Å²) in [4.78, 5) is 16.2. The van der Waals surface area contributed by atoms with Gasteiger partial charge in [0, 0.05) is 30.4 Å². The van der Waals surface area contributed by atoms with Crippen LogP contribution in [0.4, 0.5) is 0 Å². The summed E-state index contributed by atoms with van der Waals surface area (Å²) in [5.74, 6) is 1.08. The van der Waals surface area contributed by atoms with Gasteiger partial charge in [-0.2, -0.15) is 0 Å². The number of hydrogen-bond acceptors (Lipinski definition) is 3. The van der Waals surface area contributed by atoms with Gasteiger partial charge in [-0.05, 0) is 67.6 Å². The summed E-state index contributed by atoms with van der Waals surface area (Å²) in [6.45, 7) is 2.69. The van der Waals surface area contributed by atoms with Crippen LogP contribution in [-0.2, 0) is 19.4 Å². The molecule has 0 saturated heterocycles. The Morgan fingerprint density at radius 1 is 1.33 bits per heavy atom. The molecule has 1 aromatic heterocycles. The SMILES string of the molecule is CCC(Cn1cc[nH]c1=S)C(=O)c1ccc(OC)c2c1CCCC2. The molecule has 0 amide bonds. The molecule has 0 bridgehead atoms. The number of methoxy groups -OCH3 is 1. The lowest BCUT2D eigenvalue weighted by molar-refractivity contribution is 0.0901. The van der Waals surface area contributed by atoms with Crippen LogP contribution in [-0.4, -0.2) is 22.4 Å². The summed E-state index contributed by atoms with van der Waals surface area (Å²) >= 11 is 5.26. The monoisotopic (exact) mass is 344 g/mol. The Morgan fingerprint density at radius 3 is 2.71 bits per heavy atom. The molecular weight excluding hydrogens is 320 g/mol. The molecule has 0 spiro atoms. The first-order valence-corrected chi connectivity index (χ1v) is 9.03. The highest BCUT2D eigenvalue weighted by atomic mass is 32.1. The molecule has 3 rings (SSSR count). The van der Waals surface area contributed by atoms with Crippen molar-refractivity contribution in [2.45, 2.75) is 45.6 Å². The van der Waals surface area contributed by atoms with E-state index in [-0.39, 0.29) is 11.7 Å². The average Bonchev–Trinajstić information content (AvgIpc) is 3.02. The number of Topliss-reactive ketones (excluding diaryl/α,β-unsaturated/α-hetero) is 1. The number of aromatic nitrogens is 2. The number of aromatic amines is 1. The third-order valence-corrected chi connectivity index (χ3v) is 5.33. The van der Waals surface area contributed by atoms with Crippen molar-refractivity contribution in [2.75, 3.05) is 7.11 Å². The van der Waals surface area contributed by atoms with Gasteiger partial charge in [0.25, 0.3) is 0 Å². The highest BCUT2D eigenvalue weighted by Gasteiger charge is 2.25. The molecule has 5 heteroatoms. The van der Waals surface area contributed by atoms with Crippen molar-refractivity contribution in [1.82, 2.24) is 9.55 Å². The largest absolute Gasteiger partial charge is 0.496 e. The number of hydrogen-bond donors (Lipinski definition) is 1. The lowest BCUT2D eigenvalue weighted by atomic mass is 9.83. The smallest absolute Gasteiger partial charge is 0.177 e. The Kier molecular flexibility index (Phi) is 5.19. The number of imidazole rings is 1. The second-order valence-corrected chi connectivity index (χ2v) is 6.75. The normalized spacial score (nSPS) is 14.9. The second kappa shape index (κ2) is 7.34. The fourth-order valence-corrected chi connectivity index (χ4v) is 3.81. The van der Waals surface area contributed by atoms with Crippen LogP contribution in [0, 0.1) is 10.7 Å². The van der Waals surface area contributed by atoms with Crippen molar-refractivity contribution >= 4 is 18.0 Å². The molecule has 4 nitrogen and oxygen atoms in total. The van der Waals surface area contributed by atoms with Crippen LogP contribution in [0.2, 0.25) is 0 Å². The van der Waals surface area contributed by atoms with E-state index < -0.39 is 0 Å². The van der Waals surface area contributed by atoms with Crippen LogP contribution in [0.3, 0.4) is 0 Å². The standard InChI is InChI=1S/C19H24N2O2S/c1-3-13(12-21-11-10-20-19(21)24)18(22)16-8-9-17(23-2)15-7-5-4-6-14(15)16/h8-11,13H,3-7,12H2,1-2H3,(H,20,24). The van der Waals surface area contributed by atoms with Crippen molar-refractivity contribution in [3.05, 3.63) is 46.0 Å². The molecule has 0 saturated carbocycles. The number of fused-ring (bicyclic) bond motifs is 1. The first kappa shape index (κ1) is 17.0. The van der Waals surface area contributed by atoms with Gasteiger partial charge in [-0.15, -0.1) is 0 Å². The van der Waals surface area contributed by atoms with Gasteiger partial charge in [0.1, 0.15) is 5.75 Å². The van der Waals surface area contributed by atoms with Crippen molar-refractivity contribution in [3.63, 3.8) is 0 Å². The summed E-state index contributed by atoms with van der Waals surface area (Å²) in [5, 5.41) is 0. The van der Waals surface area contributed by atoms with Gasteiger partial charge < -0.3 is 14.3 Å². The minimum atomic E-state index is -0.0630. The van der Waals surface area contributed by atoms with E-state index in [1.165, 1.54) is 11.1 Å². The van der Waals surface area contributed by atoms with E-state index in [0.717, 1.165) is 43.4 Å². The molecule has 0 fully saturated rings. The second-order valence-electron chi connectivity index (χ2n) is 6.37. The number of nitrogens with zero attached hydrogens (tertiary/aromatic N) is 1. The van der Waals surface area contributed by atoms with Crippen molar-refractivity contribution in [1.29, 1.82) is 0 Å². The zero-order valence-corrected chi connectivity index (χ0v) is 15.1. The van der Waals surface area contributed by atoms with Gasteiger partial charge in [-0.3, -0.25) is 4.79 Å². The molecule has 24 heavy (non-hydrogen) atoms. The van der Waals surface area contributed by atoms with Crippen LogP contribution in [0.1, 0.15) is 47.7 Å². The van der Waals surface area contributed by atoms with Crippen LogP contribution < -0.4 is 4.74 Å². The predicted octanol–water partition coefficient (Wildman–Crippen LogP) is 4.34. The summed E-state index contributed by atoms with van der Waals surface area (Å²) in [6, 6.07) is 3.90. The van der Waals surface area contributed by atoms with E-state index >= 15 is 0 Å². The highest BCUT2D eigenvalue weighted by Crippen LogP contribution is 2.33. The van der Waals surface area contributed by atoms with E-state index in [2.05, 4.69) is 11.9 Å². The Labute approximate surface area is 147 Å². The minimum Gasteiger partial charge on any atom is -0.496 e. The maximum atomic E-state index is 13.2. The fraction of sp³-hybridized carbons (Fsp3) is 0.474. The summed E-state index contributed by atoms with van der Waals surface area (Å²) in [6.07, 6.45) is 8.78. The molecule has 0 radical (unpaired) electrons. The molecule has 1 aromatic carbocycles. The summed E-state index contributed by atoms with van der Waals surface area (Å²) in [7, 11) is 1.70. The average molecular weight is 344 g/mol. The number of benzene rings is 1. The van der Waals surface area contributed by atoms with Crippen LogP contribution in [0.25, 0.3) is 0 Å². The number of carbonyl (C=O) groups excluding carboxylic acids is 1. The Morgan fingerprint density at radius 2 is 2.08 bits per heavy atom. The van der Waals surface area contributed by atoms with Gasteiger partial charge in [0.15, 0.2) is 10.6 Å². The van der Waals surface area contributed by atoms with Crippen molar-refractivity contribution < 1.29 is 9.53 Å². The van der Waals surface area contributed by atoms with E-state index in [1.54, 1.807) is 7.11 Å². The Hall–Kier alpha value is -1.88. The van der Waals surface area contributed by atoms with Gasteiger partial charge in [0.2, 0.25) is 0 Å². The quantitative estimate of drug-likeness (QED) is 0.626. The molecule has 1 aliphatic carbocycles. The molecule has 128 valence electrons. The van der Waals surface area contributed by atoms with E-state index in [0.29, 0.717) is 11.3 Å². The number of H-pyrrole nitrogens is 1. The maximum Gasteiger partial charge on any atom is 0.177 e. The number of ketones is 1. The minimum absolute atomic E-state index is 0.0630. The number of ether oxygens (including phenoxy) is 1. The Bertz CT molecular complexity index is 791. The van der Waals surface area contributed by atoms with Gasteiger partial charge in [-0.1, -0.05) is 6.92 Å². The lowest BCUT2D eigenvalue weighted by Crippen LogP contribution is -2.22. The fourth-order valence-electron chi connectivity index (χ4n) is 3.60. The third-order valence-electron chi connectivity index (χ3n) is 4.98.